The quantitative estimate of drug-likeness (QED) is 0.835. The fourth-order valence-electron chi connectivity index (χ4n) is 2.40. The van der Waals surface area contributed by atoms with Gasteiger partial charge in [-0.05, 0) is 52.9 Å². The molecule has 20 heavy (non-hydrogen) atoms. The summed E-state index contributed by atoms with van der Waals surface area (Å²) in [5.41, 5.74) is 0.663. The summed E-state index contributed by atoms with van der Waals surface area (Å²) in [5.74, 6) is 0. The Morgan fingerprint density at radius 2 is 2.20 bits per heavy atom. The molecule has 112 valence electrons. The highest BCUT2D eigenvalue weighted by Gasteiger charge is 2.29. The van der Waals surface area contributed by atoms with Crippen molar-refractivity contribution in [2.24, 2.45) is 0 Å². The maximum atomic E-state index is 12.4. The zero-order chi connectivity index (χ0) is 14.8. The predicted octanol–water partition coefficient (Wildman–Crippen LogP) is 1.79. The first-order chi connectivity index (χ1) is 9.46. The van der Waals surface area contributed by atoms with Gasteiger partial charge in [-0.3, -0.25) is 0 Å². The van der Waals surface area contributed by atoms with Crippen molar-refractivity contribution in [3.8, 4) is 0 Å². The van der Waals surface area contributed by atoms with E-state index in [0.717, 1.165) is 12.8 Å². The number of halogens is 1. The highest BCUT2D eigenvalue weighted by Crippen LogP contribution is 2.26. The molecule has 5 nitrogen and oxygen atoms in total. The SMILES string of the molecule is COC1CCC(NS(=O)(=O)c2ccc(CO)cc2Br)C1. The number of hydrogen-bond donors (Lipinski definition) is 2. The number of methoxy groups -OCH3 is 1. The number of ether oxygens (including phenoxy) is 1. The van der Waals surface area contributed by atoms with Crippen LogP contribution in [0.25, 0.3) is 0 Å². The van der Waals surface area contributed by atoms with Crippen molar-refractivity contribution in [3.05, 3.63) is 28.2 Å². The lowest BCUT2D eigenvalue weighted by Gasteiger charge is -2.14. The van der Waals surface area contributed by atoms with Crippen LogP contribution in [0.2, 0.25) is 0 Å². The number of aliphatic hydroxyl groups is 1. The lowest BCUT2D eigenvalue weighted by Crippen LogP contribution is -2.33. The van der Waals surface area contributed by atoms with Gasteiger partial charge in [-0.2, -0.15) is 0 Å². The molecule has 2 N–H and O–H groups in total. The summed E-state index contributed by atoms with van der Waals surface area (Å²) in [4.78, 5) is 0.190. The van der Waals surface area contributed by atoms with Gasteiger partial charge in [0.1, 0.15) is 0 Å². The summed E-state index contributed by atoms with van der Waals surface area (Å²) in [6, 6.07) is 4.63. The molecule has 7 heteroatoms. The maximum Gasteiger partial charge on any atom is 0.241 e. The Morgan fingerprint density at radius 1 is 1.45 bits per heavy atom. The minimum absolute atomic E-state index is 0.0885. The summed E-state index contributed by atoms with van der Waals surface area (Å²) < 4.78 is 33.1. The molecule has 1 aliphatic carbocycles. The maximum absolute atomic E-state index is 12.4. The molecule has 0 saturated heterocycles. The summed E-state index contributed by atoms with van der Waals surface area (Å²) >= 11 is 3.24. The van der Waals surface area contributed by atoms with Crippen LogP contribution < -0.4 is 4.72 Å². The molecule has 0 aliphatic heterocycles. The van der Waals surface area contributed by atoms with Crippen LogP contribution in [0.5, 0.6) is 0 Å². The van der Waals surface area contributed by atoms with Crippen molar-refractivity contribution in [1.29, 1.82) is 0 Å². The summed E-state index contributed by atoms with van der Waals surface area (Å²) in [6.07, 6.45) is 2.48. The van der Waals surface area contributed by atoms with Crippen molar-refractivity contribution in [3.63, 3.8) is 0 Å². The van der Waals surface area contributed by atoms with Gasteiger partial charge in [0.2, 0.25) is 10.0 Å². The first-order valence-corrected chi connectivity index (χ1v) is 8.68. The van der Waals surface area contributed by atoms with Gasteiger partial charge in [0.25, 0.3) is 0 Å². The Labute approximate surface area is 127 Å². The van der Waals surface area contributed by atoms with Gasteiger partial charge in [-0.25, -0.2) is 13.1 Å². The zero-order valence-electron chi connectivity index (χ0n) is 11.2. The van der Waals surface area contributed by atoms with Crippen molar-refractivity contribution in [1.82, 2.24) is 4.72 Å². The smallest absolute Gasteiger partial charge is 0.241 e. The van der Waals surface area contributed by atoms with Gasteiger partial charge >= 0.3 is 0 Å². The van der Waals surface area contributed by atoms with Crippen molar-refractivity contribution in [2.45, 2.75) is 42.9 Å². The van der Waals surface area contributed by atoms with Gasteiger partial charge in [-0.1, -0.05) is 6.07 Å². The van der Waals surface area contributed by atoms with E-state index in [1.807, 2.05) is 0 Å². The van der Waals surface area contributed by atoms with Crippen LogP contribution in [0.4, 0.5) is 0 Å². The molecular weight excluding hydrogens is 346 g/mol. The molecule has 1 fully saturated rings. The summed E-state index contributed by atoms with van der Waals surface area (Å²) in [5, 5.41) is 9.04. The molecule has 2 unspecified atom stereocenters. The second-order valence-corrected chi connectivity index (χ2v) is 7.45. The van der Waals surface area contributed by atoms with Gasteiger partial charge in [0.15, 0.2) is 0 Å². The zero-order valence-corrected chi connectivity index (χ0v) is 13.6. The Hall–Kier alpha value is -0.470. The predicted molar refractivity (Wildman–Crippen MR) is 78.8 cm³/mol. The Kier molecular flexibility index (Phi) is 5.19. The van der Waals surface area contributed by atoms with Crippen LogP contribution in [-0.2, 0) is 21.4 Å². The average molecular weight is 364 g/mol. The van der Waals surface area contributed by atoms with E-state index in [9.17, 15) is 8.42 Å². The first-order valence-electron chi connectivity index (χ1n) is 6.40. The minimum atomic E-state index is -3.57. The Morgan fingerprint density at radius 3 is 2.75 bits per heavy atom. The second-order valence-electron chi connectivity index (χ2n) is 4.91. The van der Waals surface area contributed by atoms with E-state index in [0.29, 0.717) is 16.5 Å². The van der Waals surface area contributed by atoms with Gasteiger partial charge in [0.05, 0.1) is 17.6 Å². The lowest BCUT2D eigenvalue weighted by atomic mass is 10.2. The molecule has 2 atom stereocenters. The van der Waals surface area contributed by atoms with E-state index < -0.39 is 10.0 Å². The largest absolute Gasteiger partial charge is 0.392 e. The molecule has 0 heterocycles. The van der Waals surface area contributed by atoms with Crippen molar-refractivity contribution >= 4 is 26.0 Å². The lowest BCUT2D eigenvalue weighted by molar-refractivity contribution is 0.107. The molecule has 0 amide bonds. The third-order valence-corrected chi connectivity index (χ3v) is 6.01. The van der Waals surface area contributed by atoms with Crippen molar-refractivity contribution in [2.75, 3.05) is 7.11 Å². The van der Waals surface area contributed by atoms with Crippen LogP contribution in [0, 0.1) is 0 Å². The van der Waals surface area contributed by atoms with E-state index in [1.54, 1.807) is 19.2 Å². The standard InChI is InChI=1S/C13H18BrNO4S/c1-19-11-4-3-10(7-11)15-20(17,18)13-5-2-9(8-16)6-12(13)14/h2,5-6,10-11,15-16H,3-4,7-8H2,1H3. The normalized spacial score (nSPS) is 23.1. The molecular formula is C13H18BrNO4S. The molecule has 1 saturated carbocycles. The third-order valence-electron chi connectivity index (χ3n) is 3.51. The number of hydrogen-bond acceptors (Lipinski definition) is 4. The molecule has 2 rings (SSSR count). The van der Waals surface area contributed by atoms with Crippen LogP contribution >= 0.6 is 15.9 Å². The number of benzene rings is 1. The third kappa shape index (κ3) is 3.59. The van der Waals surface area contributed by atoms with E-state index in [2.05, 4.69) is 20.7 Å². The topological polar surface area (TPSA) is 75.6 Å². The van der Waals surface area contributed by atoms with E-state index in [4.69, 9.17) is 9.84 Å². The molecule has 1 aromatic rings. The number of aliphatic hydroxyl groups excluding tert-OH is 1. The highest BCUT2D eigenvalue weighted by molar-refractivity contribution is 9.10. The number of rotatable bonds is 5. The molecule has 0 bridgehead atoms. The minimum Gasteiger partial charge on any atom is -0.392 e. The summed E-state index contributed by atoms with van der Waals surface area (Å²) in [6.45, 7) is -0.121. The van der Waals surface area contributed by atoms with Crippen LogP contribution in [0.1, 0.15) is 24.8 Å². The Balaban J connectivity index is 2.14. The monoisotopic (exact) mass is 363 g/mol. The number of nitrogens with one attached hydrogen (secondary N) is 1. The van der Waals surface area contributed by atoms with E-state index in [-0.39, 0.29) is 23.6 Å². The van der Waals surface area contributed by atoms with Crippen molar-refractivity contribution < 1.29 is 18.3 Å². The van der Waals surface area contributed by atoms with Gasteiger partial charge in [-0.15, -0.1) is 0 Å². The Bertz CT molecular complexity index is 576. The van der Waals surface area contributed by atoms with E-state index >= 15 is 0 Å². The highest BCUT2D eigenvalue weighted by atomic mass is 79.9. The molecule has 0 aromatic heterocycles. The average Bonchev–Trinajstić information content (AvgIpc) is 2.85. The van der Waals surface area contributed by atoms with E-state index in [1.165, 1.54) is 6.07 Å². The number of sulfonamides is 1. The molecule has 0 radical (unpaired) electrons. The molecule has 1 aromatic carbocycles. The summed E-state index contributed by atoms with van der Waals surface area (Å²) in [7, 11) is -1.92. The fraction of sp³-hybridized carbons (Fsp3) is 0.538. The van der Waals surface area contributed by atoms with Gasteiger partial charge in [0, 0.05) is 17.6 Å². The molecule has 0 spiro atoms. The van der Waals surface area contributed by atoms with Crippen LogP contribution in [0.15, 0.2) is 27.6 Å². The van der Waals surface area contributed by atoms with Crippen LogP contribution in [0.3, 0.4) is 0 Å². The first kappa shape index (κ1) is 15.9. The second kappa shape index (κ2) is 6.53. The van der Waals surface area contributed by atoms with Gasteiger partial charge < -0.3 is 9.84 Å². The molecule has 1 aliphatic rings. The van der Waals surface area contributed by atoms with Crippen LogP contribution in [-0.4, -0.2) is 32.8 Å². The fourth-order valence-corrected chi connectivity index (χ4v) is 4.81.